The Labute approximate surface area is 187 Å². The minimum absolute atomic E-state index is 0.00400. The number of hydrogen-bond acceptors (Lipinski definition) is 3. The van der Waals surface area contributed by atoms with Crippen LogP contribution in [0.15, 0.2) is 77.7 Å². The molecule has 2 aromatic carbocycles. The van der Waals surface area contributed by atoms with Crippen molar-refractivity contribution in [2.24, 2.45) is 0 Å². The van der Waals surface area contributed by atoms with E-state index in [2.05, 4.69) is 29.2 Å². The third kappa shape index (κ3) is 4.06. The summed E-state index contributed by atoms with van der Waals surface area (Å²) >= 11 is 0. The van der Waals surface area contributed by atoms with Crippen molar-refractivity contribution in [1.82, 2.24) is 18.8 Å². The van der Waals surface area contributed by atoms with Crippen LogP contribution in [0.2, 0.25) is 0 Å². The van der Waals surface area contributed by atoms with Crippen molar-refractivity contribution in [2.45, 2.75) is 25.9 Å². The number of hydrogen-bond donors (Lipinski definition) is 0. The quantitative estimate of drug-likeness (QED) is 0.473. The van der Waals surface area contributed by atoms with E-state index in [1.165, 1.54) is 5.56 Å². The van der Waals surface area contributed by atoms with Crippen molar-refractivity contribution in [3.8, 4) is 0 Å². The molecule has 3 heterocycles. The van der Waals surface area contributed by atoms with Crippen molar-refractivity contribution in [3.63, 3.8) is 0 Å². The summed E-state index contributed by atoms with van der Waals surface area (Å²) in [5.74, 6) is 0.186. The Balaban J connectivity index is 1.19. The van der Waals surface area contributed by atoms with Gasteiger partial charge < -0.3 is 13.9 Å². The number of benzene rings is 2. The average molecular weight is 429 g/mol. The van der Waals surface area contributed by atoms with E-state index in [0.29, 0.717) is 24.9 Å². The van der Waals surface area contributed by atoms with Crippen LogP contribution in [-0.4, -0.2) is 50.9 Å². The summed E-state index contributed by atoms with van der Waals surface area (Å²) < 4.78 is 3.75. The lowest BCUT2D eigenvalue weighted by Crippen LogP contribution is -2.48. The molecule has 1 amide bonds. The molecular weight excluding hydrogens is 400 g/mol. The van der Waals surface area contributed by atoms with Gasteiger partial charge in [0.1, 0.15) is 5.52 Å². The molecule has 1 aliphatic heterocycles. The lowest BCUT2D eigenvalue weighted by molar-refractivity contribution is -0.133. The Bertz CT molecular complexity index is 1280. The predicted octanol–water partition coefficient (Wildman–Crippen LogP) is 3.38. The highest BCUT2D eigenvalue weighted by Crippen LogP contribution is 2.16. The van der Waals surface area contributed by atoms with Gasteiger partial charge in [0.15, 0.2) is 0 Å². The minimum atomic E-state index is -0.00400. The van der Waals surface area contributed by atoms with E-state index in [-0.39, 0.29) is 11.5 Å². The van der Waals surface area contributed by atoms with Gasteiger partial charge in [0.05, 0.1) is 11.0 Å². The Hall–Kier alpha value is -3.38. The number of aryl methyl sites for hydroxylation is 1. The molecule has 0 N–H and O–H groups in total. The second-order valence-electron chi connectivity index (χ2n) is 8.46. The highest BCUT2D eigenvalue weighted by molar-refractivity contribution is 5.79. The number of aromatic nitrogens is 2. The third-order valence-corrected chi connectivity index (χ3v) is 6.39. The first-order chi connectivity index (χ1) is 15.7. The molecule has 2 aromatic heterocycles. The summed E-state index contributed by atoms with van der Waals surface area (Å²) in [5.41, 5.74) is 3.89. The largest absolute Gasteiger partial charge is 0.340 e. The number of carbonyl (C=O) groups excluding carboxylic acids is 1. The van der Waals surface area contributed by atoms with Crippen LogP contribution < -0.4 is 5.56 Å². The molecule has 4 aromatic rings. The van der Waals surface area contributed by atoms with Crippen LogP contribution in [0.3, 0.4) is 0 Å². The number of rotatable bonds is 6. The minimum Gasteiger partial charge on any atom is -0.340 e. The van der Waals surface area contributed by atoms with Crippen molar-refractivity contribution >= 4 is 22.5 Å². The number of para-hydroxylation sites is 2. The van der Waals surface area contributed by atoms with E-state index in [0.717, 1.165) is 43.8 Å². The number of amides is 1. The van der Waals surface area contributed by atoms with Gasteiger partial charge in [-0.05, 0) is 36.2 Å². The van der Waals surface area contributed by atoms with E-state index < -0.39 is 0 Å². The molecule has 0 spiro atoms. The van der Waals surface area contributed by atoms with E-state index in [1.807, 2.05) is 62.5 Å². The van der Waals surface area contributed by atoms with Gasteiger partial charge in [-0.3, -0.25) is 14.5 Å². The molecule has 1 aliphatic rings. The Morgan fingerprint density at radius 2 is 1.47 bits per heavy atom. The normalized spacial score (nSPS) is 14.9. The van der Waals surface area contributed by atoms with Gasteiger partial charge in [-0.25, -0.2) is 0 Å². The molecule has 0 atom stereocenters. The standard InChI is InChI=1S/C26H28N4O2/c31-25(28-18-16-27(17-19-28)20-21-8-2-1-3-9-21)13-7-15-30-23-11-5-4-10-22(23)29-14-6-12-24(29)26(30)32/h1-6,8-12,14H,7,13,15-20H2. The summed E-state index contributed by atoms with van der Waals surface area (Å²) in [6.07, 6.45) is 3.04. The fraction of sp³-hybridized carbons (Fsp3) is 0.308. The number of nitrogens with zero attached hydrogens (tertiary/aromatic N) is 4. The molecule has 5 rings (SSSR count). The third-order valence-electron chi connectivity index (χ3n) is 6.39. The maximum Gasteiger partial charge on any atom is 0.275 e. The summed E-state index contributed by atoms with van der Waals surface area (Å²) in [6.45, 7) is 4.81. The van der Waals surface area contributed by atoms with Crippen molar-refractivity contribution in [2.75, 3.05) is 26.2 Å². The second kappa shape index (κ2) is 9.01. The average Bonchev–Trinajstić information content (AvgIpc) is 3.33. The Kier molecular flexibility index (Phi) is 5.77. The molecule has 1 saturated heterocycles. The summed E-state index contributed by atoms with van der Waals surface area (Å²) in [6, 6.07) is 22.2. The molecule has 0 bridgehead atoms. The van der Waals surface area contributed by atoms with Gasteiger partial charge in [0, 0.05) is 51.9 Å². The maximum atomic E-state index is 13.0. The van der Waals surface area contributed by atoms with Crippen LogP contribution in [-0.2, 0) is 17.9 Å². The van der Waals surface area contributed by atoms with Crippen LogP contribution in [0.5, 0.6) is 0 Å². The molecule has 164 valence electrons. The zero-order chi connectivity index (χ0) is 21.9. The highest BCUT2D eigenvalue weighted by Gasteiger charge is 2.21. The van der Waals surface area contributed by atoms with Crippen LogP contribution in [0.1, 0.15) is 18.4 Å². The number of fused-ring (bicyclic) bond motifs is 3. The second-order valence-corrected chi connectivity index (χ2v) is 8.46. The van der Waals surface area contributed by atoms with E-state index in [4.69, 9.17) is 0 Å². The lowest BCUT2D eigenvalue weighted by Gasteiger charge is -2.34. The maximum absolute atomic E-state index is 13.0. The highest BCUT2D eigenvalue weighted by atomic mass is 16.2. The topological polar surface area (TPSA) is 50.0 Å². The lowest BCUT2D eigenvalue weighted by atomic mass is 10.2. The zero-order valence-corrected chi connectivity index (χ0v) is 18.2. The Morgan fingerprint density at radius 1 is 0.781 bits per heavy atom. The molecule has 32 heavy (non-hydrogen) atoms. The smallest absolute Gasteiger partial charge is 0.275 e. The van der Waals surface area contributed by atoms with Crippen molar-refractivity contribution in [1.29, 1.82) is 0 Å². The van der Waals surface area contributed by atoms with Crippen LogP contribution in [0.4, 0.5) is 0 Å². The van der Waals surface area contributed by atoms with Crippen LogP contribution in [0.25, 0.3) is 16.6 Å². The Morgan fingerprint density at radius 3 is 2.25 bits per heavy atom. The molecule has 6 heteroatoms. The van der Waals surface area contributed by atoms with Gasteiger partial charge in [-0.2, -0.15) is 0 Å². The van der Waals surface area contributed by atoms with E-state index in [1.54, 1.807) is 0 Å². The van der Waals surface area contributed by atoms with Crippen molar-refractivity contribution in [3.05, 3.63) is 88.8 Å². The SMILES string of the molecule is O=C(CCCn1c(=O)c2cccn2c2ccccc21)N1CCN(Cc2ccccc2)CC1. The van der Waals surface area contributed by atoms with Gasteiger partial charge in [-0.1, -0.05) is 42.5 Å². The molecule has 0 saturated carbocycles. The first-order valence-corrected chi connectivity index (χ1v) is 11.3. The molecule has 1 fully saturated rings. The summed E-state index contributed by atoms with van der Waals surface area (Å²) in [5, 5.41) is 0. The zero-order valence-electron chi connectivity index (χ0n) is 18.2. The van der Waals surface area contributed by atoms with Crippen LogP contribution >= 0.6 is 0 Å². The van der Waals surface area contributed by atoms with Gasteiger partial charge in [0.25, 0.3) is 5.56 Å². The van der Waals surface area contributed by atoms with Crippen LogP contribution in [0, 0.1) is 0 Å². The summed E-state index contributed by atoms with van der Waals surface area (Å²) in [7, 11) is 0. The molecule has 0 aliphatic carbocycles. The molecular formula is C26H28N4O2. The molecule has 0 unspecified atom stereocenters. The van der Waals surface area contributed by atoms with Crippen molar-refractivity contribution < 1.29 is 4.79 Å². The van der Waals surface area contributed by atoms with E-state index in [9.17, 15) is 9.59 Å². The predicted molar refractivity (Wildman–Crippen MR) is 127 cm³/mol. The van der Waals surface area contributed by atoms with Gasteiger partial charge >= 0.3 is 0 Å². The van der Waals surface area contributed by atoms with Gasteiger partial charge in [-0.15, -0.1) is 0 Å². The fourth-order valence-corrected chi connectivity index (χ4v) is 4.67. The van der Waals surface area contributed by atoms with E-state index >= 15 is 0 Å². The number of piperazine rings is 1. The first kappa shape index (κ1) is 20.5. The first-order valence-electron chi connectivity index (χ1n) is 11.3. The monoisotopic (exact) mass is 428 g/mol. The number of carbonyl (C=O) groups is 1. The summed E-state index contributed by atoms with van der Waals surface area (Å²) in [4.78, 5) is 30.2. The molecule has 0 radical (unpaired) electrons. The fourth-order valence-electron chi connectivity index (χ4n) is 4.67. The van der Waals surface area contributed by atoms with Gasteiger partial charge in [0.2, 0.25) is 5.91 Å². The molecule has 6 nitrogen and oxygen atoms in total.